The number of halogens is 1. The third-order valence-corrected chi connectivity index (χ3v) is 6.21. The first-order valence-corrected chi connectivity index (χ1v) is 13.7. The van der Waals surface area contributed by atoms with Crippen LogP contribution in [0.3, 0.4) is 0 Å². The van der Waals surface area contributed by atoms with Crippen molar-refractivity contribution in [3.05, 3.63) is 65.1 Å². The summed E-state index contributed by atoms with van der Waals surface area (Å²) in [5.74, 6) is -0.503. The lowest BCUT2D eigenvalue weighted by Gasteiger charge is -2.31. The van der Waals surface area contributed by atoms with E-state index in [-0.39, 0.29) is 24.1 Å². The summed E-state index contributed by atoms with van der Waals surface area (Å²) in [6, 6.07) is 11.3. The highest BCUT2D eigenvalue weighted by Crippen LogP contribution is 2.21. The molecule has 1 fully saturated rings. The first-order chi connectivity index (χ1) is 19.0. The van der Waals surface area contributed by atoms with Crippen molar-refractivity contribution in [1.29, 1.82) is 0 Å². The van der Waals surface area contributed by atoms with Crippen molar-refractivity contribution in [2.45, 2.75) is 65.2 Å². The SMILES string of the molecule is CC(C)(C)OC(=O)N1CCCC(F)C1.CCCNC(=O)c1cc(Cc2cccc3[nH]ccc23)nc(C(=O)NC)c1. The molecule has 0 radical (unpaired) electrons. The molecule has 1 aromatic carbocycles. The summed E-state index contributed by atoms with van der Waals surface area (Å²) in [6.07, 6.45) is 3.26. The van der Waals surface area contributed by atoms with Gasteiger partial charge in [0.15, 0.2) is 0 Å². The second-order valence-corrected chi connectivity index (χ2v) is 10.8. The van der Waals surface area contributed by atoms with E-state index < -0.39 is 17.9 Å². The quantitative estimate of drug-likeness (QED) is 0.397. The second-order valence-electron chi connectivity index (χ2n) is 10.8. The van der Waals surface area contributed by atoms with E-state index in [1.165, 1.54) is 11.0 Å². The zero-order valence-corrected chi connectivity index (χ0v) is 24.0. The van der Waals surface area contributed by atoms with E-state index in [1.807, 2.05) is 58.2 Å². The first kappa shape index (κ1) is 30.6. The minimum Gasteiger partial charge on any atom is -0.444 e. The molecule has 10 heteroatoms. The predicted molar refractivity (Wildman–Crippen MR) is 153 cm³/mol. The van der Waals surface area contributed by atoms with Crippen LogP contribution in [0.1, 0.15) is 79.1 Å². The van der Waals surface area contributed by atoms with Crippen LogP contribution in [0.4, 0.5) is 9.18 Å². The normalized spacial score (nSPS) is 15.2. The third-order valence-electron chi connectivity index (χ3n) is 6.21. The summed E-state index contributed by atoms with van der Waals surface area (Å²) in [6.45, 7) is 8.79. The van der Waals surface area contributed by atoms with E-state index in [1.54, 1.807) is 13.1 Å². The topological polar surface area (TPSA) is 116 Å². The number of likely N-dealkylation sites (tertiary alicyclic amines) is 1. The number of hydrogen-bond donors (Lipinski definition) is 3. The minimum atomic E-state index is -0.892. The lowest BCUT2D eigenvalue weighted by atomic mass is 10.0. The average Bonchev–Trinajstić information content (AvgIpc) is 3.40. The van der Waals surface area contributed by atoms with Gasteiger partial charge in [-0.05, 0) is 69.9 Å². The molecule has 3 N–H and O–H groups in total. The molecule has 40 heavy (non-hydrogen) atoms. The number of nitrogens with zero attached hydrogens (tertiary/aromatic N) is 2. The number of piperidine rings is 1. The van der Waals surface area contributed by atoms with Crippen LogP contribution in [0, 0.1) is 0 Å². The Hall–Kier alpha value is -3.95. The van der Waals surface area contributed by atoms with Crippen molar-refractivity contribution in [3.63, 3.8) is 0 Å². The number of alkyl halides is 1. The highest BCUT2D eigenvalue weighted by Gasteiger charge is 2.27. The Labute approximate surface area is 234 Å². The van der Waals surface area contributed by atoms with Crippen LogP contribution in [0.2, 0.25) is 0 Å². The molecule has 1 aliphatic rings. The molecule has 3 heterocycles. The number of nitrogens with one attached hydrogen (secondary N) is 3. The largest absolute Gasteiger partial charge is 0.444 e. The van der Waals surface area contributed by atoms with Crippen molar-refractivity contribution in [3.8, 4) is 0 Å². The van der Waals surface area contributed by atoms with Crippen LogP contribution in [0.25, 0.3) is 10.9 Å². The standard InChI is InChI=1S/C20H22N4O2.C10H18FNO2/c1-3-8-23-19(25)14-11-15(24-18(12-14)20(26)21-2)10-13-5-4-6-17-16(13)7-9-22-17;1-10(2,3)14-9(13)12-6-4-5-8(11)7-12/h4-7,9,11-12,22H,3,8,10H2,1-2H3,(H,21,26)(H,23,25);8H,4-7H2,1-3H3. The average molecular weight is 554 g/mol. The number of benzene rings is 1. The molecule has 9 nitrogen and oxygen atoms in total. The number of amides is 3. The number of H-pyrrole nitrogens is 1. The molecule has 0 spiro atoms. The summed E-state index contributed by atoms with van der Waals surface area (Å²) < 4.78 is 18.1. The number of aromatic nitrogens is 2. The number of pyridine rings is 1. The number of fused-ring (bicyclic) bond motifs is 1. The first-order valence-electron chi connectivity index (χ1n) is 13.7. The molecule has 3 aromatic rings. The van der Waals surface area contributed by atoms with Crippen molar-refractivity contribution < 1.29 is 23.5 Å². The smallest absolute Gasteiger partial charge is 0.410 e. The van der Waals surface area contributed by atoms with Crippen molar-refractivity contribution in [1.82, 2.24) is 25.5 Å². The highest BCUT2D eigenvalue weighted by molar-refractivity contribution is 5.98. The molecule has 0 bridgehead atoms. The summed E-state index contributed by atoms with van der Waals surface area (Å²) in [4.78, 5) is 45.0. The number of rotatable bonds is 6. The Kier molecular flexibility index (Phi) is 10.6. The molecule has 4 rings (SSSR count). The van der Waals surface area contributed by atoms with Gasteiger partial charge in [-0.1, -0.05) is 19.1 Å². The van der Waals surface area contributed by atoms with E-state index in [4.69, 9.17) is 4.74 Å². The van der Waals surface area contributed by atoms with Gasteiger partial charge in [-0.3, -0.25) is 9.59 Å². The zero-order valence-electron chi connectivity index (χ0n) is 24.0. The molecule has 1 aliphatic heterocycles. The molecular weight excluding hydrogens is 513 g/mol. The Morgan fingerprint density at radius 1 is 1.18 bits per heavy atom. The van der Waals surface area contributed by atoms with Crippen molar-refractivity contribution in [2.24, 2.45) is 0 Å². The van der Waals surface area contributed by atoms with Gasteiger partial charge in [0.25, 0.3) is 11.8 Å². The molecule has 0 aliphatic carbocycles. The molecule has 0 saturated carbocycles. The van der Waals surface area contributed by atoms with E-state index in [9.17, 15) is 18.8 Å². The van der Waals surface area contributed by atoms with Gasteiger partial charge in [0.1, 0.15) is 17.5 Å². The van der Waals surface area contributed by atoms with E-state index in [2.05, 4.69) is 20.6 Å². The zero-order chi connectivity index (χ0) is 29.3. The minimum absolute atomic E-state index is 0.176. The molecular formula is C30H40FN5O4. The molecule has 216 valence electrons. The molecule has 1 saturated heterocycles. The lowest BCUT2D eigenvalue weighted by molar-refractivity contribution is 0.0139. The van der Waals surface area contributed by atoms with Crippen molar-refractivity contribution in [2.75, 3.05) is 26.7 Å². The van der Waals surface area contributed by atoms with Gasteiger partial charge < -0.3 is 25.3 Å². The van der Waals surface area contributed by atoms with E-state index >= 15 is 0 Å². The van der Waals surface area contributed by atoms with Crippen molar-refractivity contribution >= 4 is 28.8 Å². The number of carbonyl (C=O) groups excluding carboxylic acids is 3. The lowest BCUT2D eigenvalue weighted by Crippen LogP contribution is -2.43. The Morgan fingerprint density at radius 2 is 1.95 bits per heavy atom. The van der Waals surface area contributed by atoms with Crippen LogP contribution < -0.4 is 10.6 Å². The van der Waals surface area contributed by atoms with Crippen LogP contribution >= 0.6 is 0 Å². The van der Waals surface area contributed by atoms with Crippen LogP contribution in [0.15, 0.2) is 42.6 Å². The van der Waals surface area contributed by atoms with Gasteiger partial charge in [0, 0.05) is 54.9 Å². The van der Waals surface area contributed by atoms with Crippen LogP contribution in [0.5, 0.6) is 0 Å². The maximum Gasteiger partial charge on any atom is 0.410 e. The van der Waals surface area contributed by atoms with Gasteiger partial charge in [-0.15, -0.1) is 0 Å². The summed E-state index contributed by atoms with van der Waals surface area (Å²) >= 11 is 0. The van der Waals surface area contributed by atoms with Gasteiger partial charge in [-0.25, -0.2) is 14.2 Å². The van der Waals surface area contributed by atoms with Gasteiger partial charge >= 0.3 is 6.09 Å². The molecule has 2 aromatic heterocycles. The fraction of sp³-hybridized carbons (Fsp3) is 0.467. The number of aromatic amines is 1. The third kappa shape index (κ3) is 8.79. The molecule has 1 unspecified atom stereocenters. The van der Waals surface area contributed by atoms with Crippen LogP contribution in [-0.2, 0) is 11.2 Å². The van der Waals surface area contributed by atoms with E-state index in [0.717, 1.165) is 29.3 Å². The summed E-state index contributed by atoms with van der Waals surface area (Å²) in [5.41, 5.74) is 3.01. The Morgan fingerprint density at radius 3 is 2.62 bits per heavy atom. The second kappa shape index (κ2) is 13.9. The summed E-state index contributed by atoms with van der Waals surface area (Å²) in [7, 11) is 1.55. The predicted octanol–water partition coefficient (Wildman–Crippen LogP) is 5.01. The van der Waals surface area contributed by atoms with Crippen LogP contribution in [-0.4, -0.2) is 71.2 Å². The Balaban J connectivity index is 0.000000267. The summed E-state index contributed by atoms with van der Waals surface area (Å²) in [5, 5.41) is 6.52. The fourth-order valence-electron chi connectivity index (χ4n) is 4.31. The van der Waals surface area contributed by atoms with E-state index in [0.29, 0.717) is 37.2 Å². The maximum absolute atomic E-state index is 13.0. The van der Waals surface area contributed by atoms with Gasteiger partial charge in [0.05, 0.1) is 6.54 Å². The number of hydrogen-bond acceptors (Lipinski definition) is 5. The highest BCUT2D eigenvalue weighted by atomic mass is 19.1. The number of carbonyl (C=O) groups is 3. The molecule has 1 atom stereocenters. The van der Waals surface area contributed by atoms with Gasteiger partial charge in [0.2, 0.25) is 0 Å². The Bertz CT molecular complexity index is 1320. The fourth-order valence-corrected chi connectivity index (χ4v) is 4.31. The number of ether oxygens (including phenoxy) is 1. The monoisotopic (exact) mass is 553 g/mol. The maximum atomic E-state index is 13.0. The molecule has 3 amide bonds. The van der Waals surface area contributed by atoms with Gasteiger partial charge in [-0.2, -0.15) is 0 Å².